The first-order valence-electron chi connectivity index (χ1n) is 6.88. The van der Waals surface area contributed by atoms with E-state index in [1.165, 1.54) is 0 Å². The minimum absolute atomic E-state index is 0.000732. The summed E-state index contributed by atoms with van der Waals surface area (Å²) in [5.74, 6) is -0.219. The normalized spacial score (nSPS) is 19.1. The van der Waals surface area contributed by atoms with Crippen LogP contribution in [-0.2, 0) is 4.79 Å². The predicted octanol–water partition coefficient (Wildman–Crippen LogP) is 2.11. The first kappa shape index (κ1) is 14.3. The van der Waals surface area contributed by atoms with Crippen molar-refractivity contribution in [2.24, 2.45) is 16.3 Å². The Balaban J connectivity index is 2.24. The fourth-order valence-corrected chi connectivity index (χ4v) is 2.71. The summed E-state index contributed by atoms with van der Waals surface area (Å²) in [5.41, 5.74) is 5.53. The van der Waals surface area contributed by atoms with Gasteiger partial charge in [0.1, 0.15) is 5.41 Å². The summed E-state index contributed by atoms with van der Waals surface area (Å²) in [7, 11) is 0. The Morgan fingerprint density at radius 3 is 2.60 bits per heavy atom. The Morgan fingerprint density at radius 1 is 1.35 bits per heavy atom. The Morgan fingerprint density at radius 2 is 2.05 bits per heavy atom. The van der Waals surface area contributed by atoms with E-state index in [9.17, 15) is 4.79 Å². The van der Waals surface area contributed by atoms with Crippen LogP contribution in [-0.4, -0.2) is 21.9 Å². The summed E-state index contributed by atoms with van der Waals surface area (Å²) in [6.45, 7) is 0. The van der Waals surface area contributed by atoms with Gasteiger partial charge in [-0.15, -0.1) is 0 Å². The van der Waals surface area contributed by atoms with Crippen molar-refractivity contribution in [3.63, 3.8) is 0 Å². The number of amides is 1. The van der Waals surface area contributed by atoms with Crippen molar-refractivity contribution in [3.8, 4) is 0 Å². The molecule has 108 valence electrons. The maximum atomic E-state index is 12.6. The van der Waals surface area contributed by atoms with Gasteiger partial charge in [-0.05, 0) is 25.0 Å². The van der Waals surface area contributed by atoms with Crippen molar-refractivity contribution < 1.29 is 10.0 Å². The molecule has 4 N–H and O–H groups in total. The molecule has 0 unspecified atom stereocenters. The summed E-state index contributed by atoms with van der Waals surface area (Å²) in [6, 6.07) is 3.51. The van der Waals surface area contributed by atoms with E-state index >= 15 is 0 Å². The van der Waals surface area contributed by atoms with E-state index < -0.39 is 5.41 Å². The molecule has 0 bridgehead atoms. The van der Waals surface area contributed by atoms with Crippen molar-refractivity contribution in [1.82, 2.24) is 4.98 Å². The number of hydrogen-bond acceptors (Lipinski definition) is 4. The second kappa shape index (κ2) is 6.36. The van der Waals surface area contributed by atoms with E-state index in [4.69, 9.17) is 10.9 Å². The number of rotatable bonds is 3. The van der Waals surface area contributed by atoms with Crippen LogP contribution in [0.3, 0.4) is 0 Å². The van der Waals surface area contributed by atoms with Gasteiger partial charge >= 0.3 is 0 Å². The van der Waals surface area contributed by atoms with Crippen molar-refractivity contribution in [1.29, 1.82) is 0 Å². The number of aromatic nitrogens is 1. The molecule has 0 saturated heterocycles. The van der Waals surface area contributed by atoms with Crippen LogP contribution in [0.2, 0.25) is 0 Å². The molecule has 20 heavy (non-hydrogen) atoms. The van der Waals surface area contributed by atoms with Gasteiger partial charge < -0.3 is 16.3 Å². The Labute approximate surface area is 118 Å². The van der Waals surface area contributed by atoms with Gasteiger partial charge in [-0.1, -0.05) is 30.8 Å². The quantitative estimate of drug-likeness (QED) is 0.259. The zero-order valence-electron chi connectivity index (χ0n) is 11.4. The lowest BCUT2D eigenvalue weighted by Gasteiger charge is -2.29. The molecule has 1 aromatic heterocycles. The lowest BCUT2D eigenvalue weighted by molar-refractivity contribution is -0.123. The van der Waals surface area contributed by atoms with Crippen molar-refractivity contribution in [2.75, 3.05) is 5.32 Å². The number of carbonyl (C=O) groups is 1. The zero-order valence-corrected chi connectivity index (χ0v) is 11.4. The topological polar surface area (TPSA) is 101 Å². The van der Waals surface area contributed by atoms with Crippen LogP contribution < -0.4 is 11.1 Å². The van der Waals surface area contributed by atoms with E-state index in [2.05, 4.69) is 15.5 Å². The molecular weight excluding hydrogens is 256 g/mol. The van der Waals surface area contributed by atoms with Crippen LogP contribution in [0.1, 0.15) is 38.5 Å². The Hall–Kier alpha value is -2.11. The number of nitrogens with one attached hydrogen (secondary N) is 1. The highest BCUT2D eigenvalue weighted by Crippen LogP contribution is 2.36. The highest BCUT2D eigenvalue weighted by molar-refractivity contribution is 6.11. The monoisotopic (exact) mass is 276 g/mol. The van der Waals surface area contributed by atoms with Crippen molar-refractivity contribution in [3.05, 3.63) is 24.5 Å². The summed E-state index contributed by atoms with van der Waals surface area (Å²) >= 11 is 0. The van der Waals surface area contributed by atoms with Gasteiger partial charge in [0.05, 0.1) is 11.9 Å². The molecule has 1 saturated carbocycles. The molecule has 1 heterocycles. The fourth-order valence-electron chi connectivity index (χ4n) is 2.71. The van der Waals surface area contributed by atoms with E-state index in [-0.39, 0.29) is 11.7 Å². The van der Waals surface area contributed by atoms with Gasteiger partial charge in [-0.2, -0.15) is 0 Å². The second-order valence-corrected chi connectivity index (χ2v) is 5.18. The van der Waals surface area contributed by atoms with Crippen LogP contribution in [0.25, 0.3) is 0 Å². The van der Waals surface area contributed by atoms with Gasteiger partial charge in [0.15, 0.2) is 5.84 Å². The molecule has 0 radical (unpaired) electrons. The SMILES string of the molecule is NC(=NO)C1(C(=O)Nc2cccnc2)CCCCCC1. The molecule has 0 spiro atoms. The molecule has 1 fully saturated rings. The molecule has 0 aliphatic heterocycles. The number of carbonyl (C=O) groups excluding carboxylic acids is 1. The maximum absolute atomic E-state index is 12.6. The smallest absolute Gasteiger partial charge is 0.238 e. The van der Waals surface area contributed by atoms with Crippen LogP contribution in [0.4, 0.5) is 5.69 Å². The number of nitrogens with two attached hydrogens (primary N) is 1. The average Bonchev–Trinajstić information content (AvgIpc) is 2.74. The zero-order chi connectivity index (χ0) is 14.4. The lowest BCUT2D eigenvalue weighted by atomic mass is 9.78. The second-order valence-electron chi connectivity index (χ2n) is 5.18. The molecule has 1 aromatic rings. The molecule has 6 nitrogen and oxygen atoms in total. The van der Waals surface area contributed by atoms with Gasteiger partial charge in [0.2, 0.25) is 5.91 Å². The summed E-state index contributed by atoms with van der Waals surface area (Å²) < 4.78 is 0. The third kappa shape index (κ3) is 2.89. The summed E-state index contributed by atoms with van der Waals surface area (Å²) in [6.07, 6.45) is 8.37. The van der Waals surface area contributed by atoms with Crippen LogP contribution in [0, 0.1) is 5.41 Å². The molecule has 1 amide bonds. The number of pyridine rings is 1. The predicted molar refractivity (Wildman–Crippen MR) is 76.4 cm³/mol. The van der Waals surface area contributed by atoms with Gasteiger partial charge in [0.25, 0.3) is 0 Å². The minimum atomic E-state index is -0.916. The minimum Gasteiger partial charge on any atom is -0.409 e. The summed E-state index contributed by atoms with van der Waals surface area (Å²) in [5, 5.41) is 15.0. The average molecular weight is 276 g/mol. The number of anilines is 1. The first-order valence-corrected chi connectivity index (χ1v) is 6.88. The fraction of sp³-hybridized carbons (Fsp3) is 0.500. The van der Waals surface area contributed by atoms with E-state index in [0.717, 1.165) is 25.7 Å². The summed E-state index contributed by atoms with van der Waals surface area (Å²) in [4.78, 5) is 16.6. The third-order valence-electron chi connectivity index (χ3n) is 3.91. The number of amidine groups is 1. The number of hydrogen-bond donors (Lipinski definition) is 3. The Kier molecular flexibility index (Phi) is 4.55. The molecule has 0 aromatic carbocycles. The molecule has 2 rings (SSSR count). The van der Waals surface area contributed by atoms with E-state index in [1.54, 1.807) is 24.5 Å². The lowest BCUT2D eigenvalue weighted by Crippen LogP contribution is -2.46. The number of nitrogens with zero attached hydrogens (tertiary/aromatic N) is 2. The van der Waals surface area contributed by atoms with Gasteiger partial charge in [-0.25, -0.2) is 0 Å². The van der Waals surface area contributed by atoms with Crippen molar-refractivity contribution >= 4 is 17.4 Å². The largest absolute Gasteiger partial charge is 0.409 e. The molecule has 0 atom stereocenters. The van der Waals surface area contributed by atoms with Crippen LogP contribution >= 0.6 is 0 Å². The highest BCUT2D eigenvalue weighted by Gasteiger charge is 2.43. The van der Waals surface area contributed by atoms with Gasteiger partial charge in [0, 0.05) is 6.20 Å². The van der Waals surface area contributed by atoms with Crippen LogP contribution in [0.5, 0.6) is 0 Å². The first-order chi connectivity index (χ1) is 9.69. The maximum Gasteiger partial charge on any atom is 0.238 e. The highest BCUT2D eigenvalue weighted by atomic mass is 16.4. The van der Waals surface area contributed by atoms with Gasteiger partial charge in [-0.3, -0.25) is 9.78 Å². The molecule has 6 heteroatoms. The molecule has 1 aliphatic carbocycles. The number of oxime groups is 1. The van der Waals surface area contributed by atoms with E-state index in [1.807, 2.05) is 0 Å². The molecule has 1 aliphatic rings. The van der Waals surface area contributed by atoms with Crippen molar-refractivity contribution in [2.45, 2.75) is 38.5 Å². The third-order valence-corrected chi connectivity index (χ3v) is 3.91. The molecular formula is C14H20N4O2. The van der Waals surface area contributed by atoms with Crippen LogP contribution in [0.15, 0.2) is 29.7 Å². The van der Waals surface area contributed by atoms with E-state index in [0.29, 0.717) is 18.5 Å². The Bertz CT molecular complexity index is 479. The standard InChI is InChI=1S/C14H20N4O2/c15-12(18-20)14(7-3-1-2-4-8-14)13(19)17-11-6-5-9-16-10-11/h5-6,9-10,20H,1-4,7-8H2,(H2,15,18)(H,17,19).